The Balaban J connectivity index is 1.62. The van der Waals surface area contributed by atoms with E-state index in [-0.39, 0.29) is 0 Å². The predicted molar refractivity (Wildman–Crippen MR) is 104 cm³/mol. The lowest BCUT2D eigenvalue weighted by molar-refractivity contribution is 0.847. The molecule has 0 bridgehead atoms. The number of benzene rings is 2. The fourth-order valence-electron chi connectivity index (χ4n) is 2.12. The highest BCUT2D eigenvalue weighted by Crippen LogP contribution is 2.23. The van der Waals surface area contributed by atoms with Gasteiger partial charge in [0.1, 0.15) is 0 Å². The van der Waals surface area contributed by atoms with Crippen LogP contribution in [0.25, 0.3) is 0 Å². The molecule has 6 nitrogen and oxygen atoms in total. The van der Waals surface area contributed by atoms with Gasteiger partial charge in [0.25, 0.3) is 5.95 Å². The molecule has 1 heterocycles. The van der Waals surface area contributed by atoms with Crippen LogP contribution in [-0.2, 0) is 5.75 Å². The van der Waals surface area contributed by atoms with Gasteiger partial charge in [0.15, 0.2) is 0 Å². The smallest absolute Gasteiger partial charge is 0.264 e. The van der Waals surface area contributed by atoms with Crippen molar-refractivity contribution < 1.29 is 0 Å². The fourth-order valence-corrected chi connectivity index (χ4v) is 3.25. The topological polar surface area (TPSA) is 81.1 Å². The summed E-state index contributed by atoms with van der Waals surface area (Å²) in [6, 6.07) is 15.6. The first kappa shape index (κ1) is 17.3. The van der Waals surface area contributed by atoms with Gasteiger partial charge in [-0.3, -0.25) is 0 Å². The van der Waals surface area contributed by atoms with Crippen LogP contribution in [-0.4, -0.2) is 21.1 Å². The Bertz CT molecular complexity index is 892. The lowest BCUT2D eigenvalue weighted by Gasteiger charge is -2.05. The van der Waals surface area contributed by atoms with Crippen LogP contribution in [0.3, 0.4) is 0 Å². The number of thioether (sulfide) groups is 1. The molecule has 3 rings (SSSR count). The van der Waals surface area contributed by atoms with Crippen LogP contribution in [0.5, 0.6) is 0 Å². The van der Waals surface area contributed by atoms with E-state index < -0.39 is 0 Å². The molecule has 0 aliphatic heterocycles. The predicted octanol–water partition coefficient (Wildman–Crippen LogP) is 3.69. The van der Waals surface area contributed by atoms with Crippen molar-refractivity contribution in [2.75, 3.05) is 11.3 Å². The average molecular weight is 373 g/mol. The maximum Gasteiger partial charge on any atom is 0.264 e. The number of hydrazone groups is 1. The van der Waals surface area contributed by atoms with Crippen molar-refractivity contribution in [2.24, 2.45) is 5.10 Å². The second-order valence-corrected chi connectivity index (χ2v) is 6.70. The zero-order valence-corrected chi connectivity index (χ0v) is 15.1. The van der Waals surface area contributed by atoms with Gasteiger partial charge in [0.05, 0.1) is 6.21 Å². The van der Waals surface area contributed by atoms with Gasteiger partial charge in [0, 0.05) is 10.8 Å². The Labute approximate surface area is 155 Å². The fraction of sp³-hybridized carbons (Fsp3) is 0.118. The number of hydrogen-bond donors (Lipinski definition) is 2. The second-order valence-electron chi connectivity index (χ2n) is 5.32. The molecule has 0 amide bonds. The largest absolute Gasteiger partial charge is 0.334 e. The van der Waals surface area contributed by atoms with Crippen molar-refractivity contribution in [1.82, 2.24) is 14.9 Å². The summed E-state index contributed by atoms with van der Waals surface area (Å²) in [6.07, 6.45) is 1.64. The maximum absolute atomic E-state index is 6.02. The number of hydrogen-bond acceptors (Lipinski definition) is 6. The minimum atomic E-state index is 0.366. The van der Waals surface area contributed by atoms with E-state index in [2.05, 4.69) is 39.8 Å². The first-order chi connectivity index (χ1) is 12.1. The Morgan fingerprint density at radius 2 is 2.08 bits per heavy atom. The Morgan fingerprint density at radius 1 is 1.24 bits per heavy atom. The number of nitrogens with two attached hydrogens (primary N) is 1. The summed E-state index contributed by atoms with van der Waals surface area (Å²) in [4.78, 5) is 0. The second kappa shape index (κ2) is 8.04. The molecule has 0 aliphatic rings. The van der Waals surface area contributed by atoms with E-state index in [0.29, 0.717) is 16.1 Å². The van der Waals surface area contributed by atoms with E-state index in [4.69, 9.17) is 17.4 Å². The maximum atomic E-state index is 6.02. The van der Waals surface area contributed by atoms with Crippen molar-refractivity contribution in [3.63, 3.8) is 0 Å². The molecule has 0 unspecified atom stereocenters. The number of aryl methyl sites for hydroxylation is 1. The van der Waals surface area contributed by atoms with Crippen LogP contribution in [0.2, 0.25) is 5.02 Å². The van der Waals surface area contributed by atoms with Gasteiger partial charge < -0.3 is 5.84 Å². The van der Waals surface area contributed by atoms with E-state index in [1.807, 2.05) is 30.3 Å². The molecule has 1 aromatic heterocycles. The van der Waals surface area contributed by atoms with Crippen molar-refractivity contribution >= 4 is 35.5 Å². The van der Waals surface area contributed by atoms with Gasteiger partial charge in [-0.25, -0.2) is 10.1 Å². The lowest BCUT2D eigenvalue weighted by Crippen LogP contribution is -2.13. The number of nitrogens with zero attached hydrogens (tertiary/aromatic N) is 4. The highest BCUT2D eigenvalue weighted by atomic mass is 35.5. The minimum absolute atomic E-state index is 0.366. The number of rotatable bonds is 6. The zero-order valence-electron chi connectivity index (χ0n) is 13.6. The zero-order chi connectivity index (χ0) is 17.6. The average Bonchev–Trinajstić information content (AvgIpc) is 2.95. The first-order valence-electron chi connectivity index (χ1n) is 7.56. The molecule has 25 heavy (non-hydrogen) atoms. The molecule has 8 heteroatoms. The van der Waals surface area contributed by atoms with Gasteiger partial charge in [-0.1, -0.05) is 59.8 Å². The van der Waals surface area contributed by atoms with E-state index in [0.717, 1.165) is 11.3 Å². The number of aromatic nitrogens is 3. The molecule has 0 spiro atoms. The van der Waals surface area contributed by atoms with Crippen LogP contribution < -0.4 is 11.3 Å². The molecule has 3 N–H and O–H groups in total. The standard InChI is InChI=1S/C17H17ClN6S/c1-12-5-2-3-7-14(12)11-25-17-23-22-16(24(17)19)21-20-10-13-6-4-8-15(18)9-13/h2-10H,11,19H2,1H3,(H,21,22)/b20-10+. The third-order valence-corrected chi connectivity index (χ3v) is 4.74. The third-order valence-electron chi connectivity index (χ3n) is 3.51. The van der Waals surface area contributed by atoms with E-state index in [1.165, 1.54) is 27.6 Å². The van der Waals surface area contributed by atoms with Crippen LogP contribution in [0, 0.1) is 6.92 Å². The summed E-state index contributed by atoms with van der Waals surface area (Å²) in [7, 11) is 0. The van der Waals surface area contributed by atoms with Crippen molar-refractivity contribution in [1.29, 1.82) is 0 Å². The molecular weight excluding hydrogens is 356 g/mol. The summed E-state index contributed by atoms with van der Waals surface area (Å²) in [6.45, 7) is 2.08. The molecule has 0 radical (unpaired) electrons. The van der Waals surface area contributed by atoms with Crippen molar-refractivity contribution in [2.45, 2.75) is 17.8 Å². The first-order valence-corrected chi connectivity index (χ1v) is 8.92. The summed E-state index contributed by atoms with van der Waals surface area (Å²) in [5.74, 6) is 7.16. The summed E-state index contributed by atoms with van der Waals surface area (Å²) in [5, 5.41) is 13.5. The Kier molecular flexibility index (Phi) is 5.57. The van der Waals surface area contributed by atoms with Crippen LogP contribution in [0.15, 0.2) is 58.8 Å². The summed E-state index contributed by atoms with van der Waals surface area (Å²) < 4.78 is 1.39. The van der Waals surface area contributed by atoms with Crippen LogP contribution in [0.1, 0.15) is 16.7 Å². The number of nitrogen functional groups attached to an aromatic ring is 1. The molecular formula is C17H17ClN6S. The molecule has 2 aromatic carbocycles. The molecule has 0 fully saturated rings. The molecule has 128 valence electrons. The van der Waals surface area contributed by atoms with E-state index in [9.17, 15) is 0 Å². The SMILES string of the molecule is Cc1ccccc1CSc1nnc(N/N=C/c2cccc(Cl)c2)n1N. The quantitative estimate of drug-likeness (QED) is 0.298. The van der Waals surface area contributed by atoms with E-state index in [1.54, 1.807) is 12.3 Å². The Morgan fingerprint density at radius 3 is 2.88 bits per heavy atom. The van der Waals surface area contributed by atoms with Crippen LogP contribution in [0.4, 0.5) is 5.95 Å². The highest BCUT2D eigenvalue weighted by molar-refractivity contribution is 7.98. The Hall–Kier alpha value is -2.51. The number of nitrogens with one attached hydrogen (secondary N) is 1. The van der Waals surface area contributed by atoms with E-state index >= 15 is 0 Å². The molecule has 0 aliphatic carbocycles. The number of halogens is 1. The van der Waals surface area contributed by atoms with Gasteiger partial charge in [-0.15, -0.1) is 10.2 Å². The third kappa shape index (κ3) is 4.52. The number of anilines is 1. The molecule has 0 atom stereocenters. The van der Waals surface area contributed by atoms with Gasteiger partial charge >= 0.3 is 0 Å². The molecule has 0 saturated carbocycles. The van der Waals surface area contributed by atoms with Crippen LogP contribution >= 0.6 is 23.4 Å². The molecule has 3 aromatic rings. The lowest BCUT2D eigenvalue weighted by atomic mass is 10.1. The normalized spacial score (nSPS) is 11.1. The van der Waals surface area contributed by atoms with Crippen molar-refractivity contribution in [3.8, 4) is 0 Å². The van der Waals surface area contributed by atoms with Gasteiger partial charge in [-0.05, 0) is 35.7 Å². The van der Waals surface area contributed by atoms with Gasteiger partial charge in [0.2, 0.25) is 5.16 Å². The highest BCUT2D eigenvalue weighted by Gasteiger charge is 2.10. The monoisotopic (exact) mass is 372 g/mol. The van der Waals surface area contributed by atoms with Gasteiger partial charge in [-0.2, -0.15) is 5.10 Å². The minimum Gasteiger partial charge on any atom is -0.334 e. The summed E-state index contributed by atoms with van der Waals surface area (Å²) in [5.41, 5.74) is 6.14. The molecule has 0 saturated heterocycles. The van der Waals surface area contributed by atoms with Crippen molar-refractivity contribution in [3.05, 3.63) is 70.2 Å². The summed E-state index contributed by atoms with van der Waals surface area (Å²) >= 11 is 7.46.